The minimum Gasteiger partial charge on any atom is -0.497 e. The highest BCUT2D eigenvalue weighted by Crippen LogP contribution is 2.36. The van der Waals surface area contributed by atoms with Crippen LogP contribution in [-0.4, -0.2) is 24.1 Å². The van der Waals surface area contributed by atoms with Crippen LogP contribution in [0.2, 0.25) is 10.0 Å². The Balaban J connectivity index is 1.97. The number of anilines is 1. The molecule has 0 spiro atoms. The second kappa shape index (κ2) is 8.51. The molecule has 0 radical (unpaired) electrons. The number of halogens is 3. The molecule has 3 aromatic carbocycles. The lowest BCUT2D eigenvalue weighted by molar-refractivity contribution is 0.0692. The second-order valence-electron chi connectivity index (χ2n) is 5.97. The van der Waals surface area contributed by atoms with Gasteiger partial charge in [0.15, 0.2) is 0 Å². The maximum absolute atomic E-state index is 14.8. The van der Waals surface area contributed by atoms with Crippen molar-refractivity contribution in [3.8, 4) is 16.9 Å². The highest BCUT2D eigenvalue weighted by Gasteiger charge is 2.20. The van der Waals surface area contributed by atoms with Crippen LogP contribution in [0.4, 0.5) is 10.1 Å². The summed E-state index contributed by atoms with van der Waals surface area (Å²) in [6, 6.07) is 13.1. The molecule has 0 saturated heterocycles. The number of aromatic carboxylic acids is 1. The van der Waals surface area contributed by atoms with Crippen molar-refractivity contribution in [3.05, 3.63) is 81.6 Å². The summed E-state index contributed by atoms with van der Waals surface area (Å²) in [7, 11) is 1.49. The number of hydrogen-bond acceptors (Lipinski definition) is 3. The van der Waals surface area contributed by atoms with Gasteiger partial charge in [0.25, 0.3) is 5.91 Å². The SMILES string of the molecule is COc1ccc(Cl)c(-c2cc(F)c(NC(=O)c3ccccc3C(=O)O)c(Cl)c2)c1. The van der Waals surface area contributed by atoms with E-state index in [4.69, 9.17) is 27.9 Å². The summed E-state index contributed by atoms with van der Waals surface area (Å²) in [5, 5.41) is 11.9. The van der Waals surface area contributed by atoms with Gasteiger partial charge in [-0.25, -0.2) is 9.18 Å². The van der Waals surface area contributed by atoms with Gasteiger partial charge in [-0.2, -0.15) is 0 Å². The number of carboxylic acids is 1. The number of carboxylic acid groups (broad SMARTS) is 1. The number of benzene rings is 3. The van der Waals surface area contributed by atoms with Crippen molar-refractivity contribution < 1.29 is 23.8 Å². The van der Waals surface area contributed by atoms with Crippen molar-refractivity contribution in [2.24, 2.45) is 0 Å². The van der Waals surface area contributed by atoms with E-state index >= 15 is 0 Å². The molecule has 0 atom stereocenters. The van der Waals surface area contributed by atoms with Crippen molar-refractivity contribution in [1.82, 2.24) is 0 Å². The number of nitrogens with one attached hydrogen (secondary N) is 1. The molecule has 3 rings (SSSR count). The smallest absolute Gasteiger partial charge is 0.336 e. The lowest BCUT2D eigenvalue weighted by atomic mass is 10.0. The Labute approximate surface area is 175 Å². The van der Waals surface area contributed by atoms with E-state index in [0.29, 0.717) is 21.9 Å². The van der Waals surface area contributed by atoms with Crippen molar-refractivity contribution in [2.75, 3.05) is 12.4 Å². The van der Waals surface area contributed by atoms with E-state index in [0.717, 1.165) is 0 Å². The third-order valence-corrected chi connectivity index (χ3v) is 4.79. The highest BCUT2D eigenvalue weighted by atomic mass is 35.5. The molecular formula is C21H14Cl2FNO4. The van der Waals surface area contributed by atoms with Gasteiger partial charge in [0.05, 0.1) is 28.9 Å². The third-order valence-electron chi connectivity index (χ3n) is 4.17. The predicted octanol–water partition coefficient (Wildman–Crippen LogP) is 5.76. The molecule has 0 aromatic heterocycles. The van der Waals surface area contributed by atoms with E-state index in [1.165, 1.54) is 43.5 Å². The van der Waals surface area contributed by atoms with Gasteiger partial charge >= 0.3 is 5.97 Å². The van der Waals surface area contributed by atoms with Crippen molar-refractivity contribution >= 4 is 40.8 Å². The van der Waals surface area contributed by atoms with Crippen LogP contribution >= 0.6 is 23.2 Å². The van der Waals surface area contributed by atoms with Crippen LogP contribution < -0.4 is 10.1 Å². The molecule has 0 heterocycles. The van der Waals surface area contributed by atoms with E-state index in [2.05, 4.69) is 5.32 Å². The van der Waals surface area contributed by atoms with E-state index in [9.17, 15) is 19.1 Å². The largest absolute Gasteiger partial charge is 0.497 e. The number of carbonyl (C=O) groups is 2. The third kappa shape index (κ3) is 4.34. The monoisotopic (exact) mass is 433 g/mol. The zero-order valence-corrected chi connectivity index (χ0v) is 16.5. The van der Waals surface area contributed by atoms with Gasteiger partial charge in [-0.15, -0.1) is 0 Å². The fraction of sp³-hybridized carbons (Fsp3) is 0.0476. The molecule has 5 nitrogen and oxygen atoms in total. The molecule has 0 fully saturated rings. The van der Waals surface area contributed by atoms with Gasteiger partial charge in [-0.05, 0) is 48.0 Å². The van der Waals surface area contributed by atoms with Gasteiger partial charge in [-0.3, -0.25) is 4.79 Å². The summed E-state index contributed by atoms with van der Waals surface area (Å²) in [5.74, 6) is -2.34. The first-order valence-electron chi connectivity index (χ1n) is 8.28. The summed E-state index contributed by atoms with van der Waals surface area (Å²) >= 11 is 12.4. The van der Waals surface area contributed by atoms with Crippen LogP contribution in [0, 0.1) is 5.82 Å². The van der Waals surface area contributed by atoms with E-state index in [1.807, 2.05) is 0 Å². The molecule has 0 aliphatic carbocycles. The molecule has 1 amide bonds. The fourth-order valence-corrected chi connectivity index (χ4v) is 3.23. The Morgan fingerprint density at radius 1 is 1.00 bits per heavy atom. The summed E-state index contributed by atoms with van der Waals surface area (Å²) in [6.45, 7) is 0. The van der Waals surface area contributed by atoms with Crippen molar-refractivity contribution in [2.45, 2.75) is 0 Å². The number of hydrogen-bond donors (Lipinski definition) is 2. The number of amides is 1. The molecule has 0 bridgehead atoms. The Morgan fingerprint density at radius 3 is 2.31 bits per heavy atom. The highest BCUT2D eigenvalue weighted by molar-refractivity contribution is 6.35. The normalized spacial score (nSPS) is 10.5. The fourth-order valence-electron chi connectivity index (χ4n) is 2.75. The summed E-state index contributed by atoms with van der Waals surface area (Å²) in [6.07, 6.45) is 0. The Kier molecular flexibility index (Phi) is 6.06. The average molecular weight is 434 g/mol. The molecule has 3 aromatic rings. The predicted molar refractivity (Wildman–Crippen MR) is 110 cm³/mol. The van der Waals surface area contributed by atoms with E-state index in [1.54, 1.807) is 18.2 Å². The van der Waals surface area contributed by atoms with Gasteiger partial charge < -0.3 is 15.2 Å². The van der Waals surface area contributed by atoms with Gasteiger partial charge in [-0.1, -0.05) is 35.3 Å². The zero-order chi connectivity index (χ0) is 21.1. The maximum Gasteiger partial charge on any atom is 0.336 e. The van der Waals surface area contributed by atoms with Crippen LogP contribution in [0.3, 0.4) is 0 Å². The molecule has 148 valence electrons. The number of methoxy groups -OCH3 is 1. The maximum atomic E-state index is 14.8. The molecule has 8 heteroatoms. The van der Waals surface area contributed by atoms with Crippen LogP contribution in [0.1, 0.15) is 20.7 Å². The lowest BCUT2D eigenvalue weighted by Crippen LogP contribution is -2.17. The Morgan fingerprint density at radius 2 is 1.69 bits per heavy atom. The minimum atomic E-state index is -1.27. The molecule has 29 heavy (non-hydrogen) atoms. The van der Waals surface area contributed by atoms with Crippen LogP contribution in [0.15, 0.2) is 54.6 Å². The zero-order valence-electron chi connectivity index (χ0n) is 15.0. The molecular weight excluding hydrogens is 420 g/mol. The Hall–Kier alpha value is -3.09. The summed E-state index contributed by atoms with van der Waals surface area (Å²) in [5.41, 5.74) is 0.303. The molecule has 0 unspecified atom stereocenters. The Bertz CT molecular complexity index is 1090. The first-order chi connectivity index (χ1) is 13.8. The van der Waals surface area contributed by atoms with Crippen molar-refractivity contribution in [3.63, 3.8) is 0 Å². The summed E-state index contributed by atoms with van der Waals surface area (Å²) in [4.78, 5) is 23.8. The second-order valence-corrected chi connectivity index (χ2v) is 6.78. The number of carbonyl (C=O) groups excluding carboxylic acids is 1. The molecule has 0 aliphatic rings. The molecule has 2 N–H and O–H groups in total. The van der Waals surface area contributed by atoms with Crippen LogP contribution in [0.25, 0.3) is 11.1 Å². The van der Waals surface area contributed by atoms with Crippen LogP contribution in [-0.2, 0) is 0 Å². The van der Waals surface area contributed by atoms with Crippen molar-refractivity contribution in [1.29, 1.82) is 0 Å². The standard InChI is InChI=1S/C21H14Cl2FNO4/c1-29-12-6-7-16(22)15(10-12)11-8-17(23)19(18(24)9-11)25-20(26)13-4-2-3-5-14(13)21(27)28/h2-10H,1H3,(H,25,26)(H,27,28). The number of ether oxygens (including phenoxy) is 1. The molecule has 0 saturated carbocycles. The van der Waals surface area contributed by atoms with Gasteiger partial charge in [0.1, 0.15) is 11.6 Å². The van der Waals surface area contributed by atoms with E-state index < -0.39 is 17.7 Å². The van der Waals surface area contributed by atoms with E-state index in [-0.39, 0.29) is 21.8 Å². The first-order valence-corrected chi connectivity index (χ1v) is 9.04. The van der Waals surface area contributed by atoms with Gasteiger partial charge in [0, 0.05) is 10.6 Å². The topological polar surface area (TPSA) is 75.6 Å². The average Bonchev–Trinajstić information content (AvgIpc) is 2.70. The first kappa shape index (κ1) is 20.6. The minimum absolute atomic E-state index is 0.0694. The number of rotatable bonds is 5. The quantitative estimate of drug-likeness (QED) is 0.536. The summed E-state index contributed by atoms with van der Waals surface area (Å²) < 4.78 is 19.9. The lowest BCUT2D eigenvalue weighted by Gasteiger charge is -2.13. The van der Waals surface area contributed by atoms with Gasteiger partial charge in [0.2, 0.25) is 0 Å². The molecule has 0 aliphatic heterocycles. The van der Waals surface area contributed by atoms with Crippen LogP contribution in [0.5, 0.6) is 5.75 Å².